The lowest BCUT2D eigenvalue weighted by atomic mass is 10.1. The molecule has 2 atom stereocenters. The molecule has 1 rings (SSSR count). The Balaban J connectivity index is 2.91. The zero-order valence-electron chi connectivity index (χ0n) is 9.78. The van der Waals surface area contributed by atoms with E-state index in [0.29, 0.717) is 0 Å². The third-order valence-electron chi connectivity index (χ3n) is 2.64. The summed E-state index contributed by atoms with van der Waals surface area (Å²) in [6.45, 7) is 1.13. The summed E-state index contributed by atoms with van der Waals surface area (Å²) in [5.74, 6) is -2.71. The molecule has 1 saturated heterocycles. The van der Waals surface area contributed by atoms with Gasteiger partial charge in [0.05, 0.1) is 12.5 Å². The highest BCUT2D eigenvalue weighted by Crippen LogP contribution is 2.27. The Hall–Kier alpha value is -1.32. The minimum atomic E-state index is -5.00. The molecule has 0 amide bonds. The van der Waals surface area contributed by atoms with E-state index in [2.05, 4.69) is 5.32 Å². The number of rotatable bonds is 1. The van der Waals surface area contributed by atoms with Gasteiger partial charge in [-0.25, -0.2) is 0 Å². The van der Waals surface area contributed by atoms with Crippen LogP contribution < -0.4 is 5.32 Å². The SMILES string of the molecule is CC1CNC(CC(F)(F)F)C(=N)N1C(=N)C(F)(F)F. The molecule has 1 aliphatic heterocycles. The first-order chi connectivity index (χ1) is 8.43. The van der Waals surface area contributed by atoms with Crippen molar-refractivity contribution in [3.63, 3.8) is 0 Å². The van der Waals surface area contributed by atoms with Crippen LogP contribution in [-0.2, 0) is 0 Å². The second kappa shape index (κ2) is 4.99. The number of alkyl halides is 6. The van der Waals surface area contributed by atoms with Crippen molar-refractivity contribution < 1.29 is 26.3 Å². The van der Waals surface area contributed by atoms with Gasteiger partial charge >= 0.3 is 12.4 Å². The zero-order valence-corrected chi connectivity index (χ0v) is 9.78. The van der Waals surface area contributed by atoms with Gasteiger partial charge in [0, 0.05) is 12.6 Å². The number of nitrogens with zero attached hydrogens (tertiary/aromatic N) is 1. The summed E-state index contributed by atoms with van der Waals surface area (Å²) in [6.07, 6.45) is -11.0. The molecule has 0 bridgehead atoms. The normalized spacial score (nSPS) is 25.6. The van der Waals surface area contributed by atoms with Gasteiger partial charge in [-0.05, 0) is 6.92 Å². The molecule has 0 aromatic rings. The van der Waals surface area contributed by atoms with Crippen molar-refractivity contribution >= 4 is 11.7 Å². The van der Waals surface area contributed by atoms with Gasteiger partial charge in [-0.15, -0.1) is 0 Å². The van der Waals surface area contributed by atoms with E-state index in [-0.39, 0.29) is 11.4 Å². The van der Waals surface area contributed by atoms with Crippen LogP contribution in [-0.4, -0.2) is 47.6 Å². The van der Waals surface area contributed by atoms with Crippen molar-refractivity contribution in [2.45, 2.75) is 37.8 Å². The maximum Gasteiger partial charge on any atom is 0.449 e. The lowest BCUT2D eigenvalue weighted by Crippen LogP contribution is -2.63. The van der Waals surface area contributed by atoms with Gasteiger partial charge in [-0.2, -0.15) is 26.3 Å². The monoisotopic (exact) mass is 290 g/mol. The molecule has 0 aromatic carbocycles. The number of nitrogens with one attached hydrogen (secondary N) is 3. The van der Waals surface area contributed by atoms with E-state index in [1.165, 1.54) is 6.92 Å². The summed E-state index contributed by atoms with van der Waals surface area (Å²) in [7, 11) is 0. The van der Waals surface area contributed by atoms with Crippen molar-refractivity contribution in [1.82, 2.24) is 10.2 Å². The van der Waals surface area contributed by atoms with Gasteiger partial charge in [0.2, 0.25) is 5.84 Å². The summed E-state index contributed by atoms with van der Waals surface area (Å²) in [4.78, 5) is 0.285. The van der Waals surface area contributed by atoms with Crippen LogP contribution in [0, 0.1) is 10.8 Å². The fourth-order valence-electron chi connectivity index (χ4n) is 1.78. The molecule has 2 unspecified atom stereocenters. The molecule has 0 spiro atoms. The molecule has 0 saturated carbocycles. The fraction of sp³-hybridized carbons (Fsp3) is 0.778. The smallest absolute Gasteiger partial charge is 0.306 e. The van der Waals surface area contributed by atoms with Crippen LogP contribution in [0.15, 0.2) is 0 Å². The van der Waals surface area contributed by atoms with Crippen LogP contribution in [0.4, 0.5) is 26.3 Å². The molecule has 1 heterocycles. The van der Waals surface area contributed by atoms with Crippen LogP contribution in [0.2, 0.25) is 0 Å². The molecule has 1 aliphatic rings. The highest BCUT2D eigenvalue weighted by molar-refractivity contribution is 6.03. The van der Waals surface area contributed by atoms with Crippen LogP contribution in [0.5, 0.6) is 0 Å². The Bertz CT molecular complexity index is 374. The Morgan fingerprint density at radius 2 is 1.84 bits per heavy atom. The highest BCUT2D eigenvalue weighted by atomic mass is 19.4. The Morgan fingerprint density at radius 1 is 1.32 bits per heavy atom. The average Bonchev–Trinajstić information content (AvgIpc) is 2.19. The summed E-state index contributed by atoms with van der Waals surface area (Å²) in [6, 6.07) is -2.48. The molecule has 4 nitrogen and oxygen atoms in total. The minimum Gasteiger partial charge on any atom is -0.306 e. The van der Waals surface area contributed by atoms with E-state index in [1.807, 2.05) is 0 Å². The van der Waals surface area contributed by atoms with Gasteiger partial charge in [0.1, 0.15) is 5.84 Å². The maximum absolute atomic E-state index is 12.4. The summed E-state index contributed by atoms with van der Waals surface area (Å²) < 4.78 is 74.0. The van der Waals surface area contributed by atoms with Crippen molar-refractivity contribution in [2.75, 3.05) is 6.54 Å². The largest absolute Gasteiger partial charge is 0.449 e. The molecule has 1 fully saturated rings. The van der Waals surface area contributed by atoms with E-state index in [4.69, 9.17) is 10.8 Å². The van der Waals surface area contributed by atoms with Crippen LogP contribution in [0.3, 0.4) is 0 Å². The topological polar surface area (TPSA) is 63.0 Å². The maximum atomic E-state index is 12.4. The first-order valence-corrected chi connectivity index (χ1v) is 5.27. The predicted octanol–water partition coefficient (Wildman–Crippen LogP) is 2.12. The number of amidine groups is 2. The number of hydrogen-bond donors (Lipinski definition) is 3. The molecule has 0 aliphatic carbocycles. The van der Waals surface area contributed by atoms with Gasteiger partial charge in [-0.3, -0.25) is 10.8 Å². The van der Waals surface area contributed by atoms with E-state index >= 15 is 0 Å². The third kappa shape index (κ3) is 3.82. The van der Waals surface area contributed by atoms with Crippen LogP contribution in [0.1, 0.15) is 13.3 Å². The van der Waals surface area contributed by atoms with E-state index in [9.17, 15) is 26.3 Å². The van der Waals surface area contributed by atoms with Crippen LogP contribution >= 0.6 is 0 Å². The second-order valence-corrected chi connectivity index (χ2v) is 4.23. The fourth-order valence-corrected chi connectivity index (χ4v) is 1.78. The minimum absolute atomic E-state index is 0.165. The molecule has 0 aromatic heterocycles. The molecule has 3 N–H and O–H groups in total. The summed E-state index contributed by atoms with van der Waals surface area (Å²) in [5.41, 5.74) is 0. The first-order valence-electron chi connectivity index (χ1n) is 5.27. The number of hydrogen-bond acceptors (Lipinski definition) is 3. The van der Waals surface area contributed by atoms with Crippen molar-refractivity contribution in [2.24, 2.45) is 0 Å². The third-order valence-corrected chi connectivity index (χ3v) is 2.64. The number of halogens is 6. The standard InChI is InChI=1S/C9H12F6N4/c1-4-3-18-5(2-8(10,11)12)6(16)19(4)7(17)9(13,14)15/h4-5,16-18H,2-3H2,1H3. The molecule has 110 valence electrons. The predicted molar refractivity (Wildman–Crippen MR) is 55.3 cm³/mol. The van der Waals surface area contributed by atoms with Gasteiger partial charge < -0.3 is 10.2 Å². The van der Waals surface area contributed by atoms with E-state index < -0.39 is 42.5 Å². The summed E-state index contributed by atoms with van der Waals surface area (Å²) in [5, 5.41) is 16.8. The number of piperazine rings is 1. The molecular weight excluding hydrogens is 278 g/mol. The Labute approximate surface area is 104 Å². The van der Waals surface area contributed by atoms with Crippen LogP contribution in [0.25, 0.3) is 0 Å². The van der Waals surface area contributed by atoms with Gasteiger partial charge in [0.25, 0.3) is 0 Å². The van der Waals surface area contributed by atoms with Gasteiger partial charge in [0.15, 0.2) is 0 Å². The Morgan fingerprint density at radius 3 is 2.26 bits per heavy atom. The Kier molecular flexibility index (Phi) is 4.13. The molecular formula is C9H12F6N4. The quantitative estimate of drug-likeness (QED) is 0.393. The van der Waals surface area contributed by atoms with Crippen molar-refractivity contribution in [3.8, 4) is 0 Å². The van der Waals surface area contributed by atoms with Gasteiger partial charge in [-0.1, -0.05) is 0 Å². The lowest BCUT2D eigenvalue weighted by molar-refractivity contribution is -0.137. The lowest BCUT2D eigenvalue weighted by Gasteiger charge is -2.40. The highest BCUT2D eigenvalue weighted by Gasteiger charge is 2.46. The summed E-state index contributed by atoms with van der Waals surface area (Å²) >= 11 is 0. The first kappa shape index (κ1) is 15.7. The molecule has 0 radical (unpaired) electrons. The molecule has 10 heteroatoms. The second-order valence-electron chi connectivity index (χ2n) is 4.23. The van der Waals surface area contributed by atoms with E-state index in [0.717, 1.165) is 0 Å². The zero-order chi connectivity index (χ0) is 15.0. The average molecular weight is 290 g/mol. The molecule has 19 heavy (non-hydrogen) atoms. The van der Waals surface area contributed by atoms with E-state index in [1.54, 1.807) is 0 Å². The van der Waals surface area contributed by atoms with Crippen molar-refractivity contribution in [3.05, 3.63) is 0 Å². The van der Waals surface area contributed by atoms with Crippen molar-refractivity contribution in [1.29, 1.82) is 10.8 Å².